The highest BCUT2D eigenvalue weighted by atomic mass is 16.3. The number of carbonyl (C=O) groups excluding carboxylic acids is 6. The molecule has 0 aliphatic carbocycles. The van der Waals surface area contributed by atoms with E-state index in [1.807, 2.05) is 105 Å². The van der Waals surface area contributed by atoms with Crippen LogP contribution in [0, 0.1) is 5.92 Å². The fourth-order valence-corrected chi connectivity index (χ4v) is 7.38. The highest BCUT2D eigenvalue weighted by Gasteiger charge is 2.41. The summed E-state index contributed by atoms with van der Waals surface area (Å²) in [5.41, 5.74) is 2.63. The first-order chi connectivity index (χ1) is 26.9. The molecule has 2 saturated heterocycles. The Morgan fingerprint density at radius 2 is 1.36 bits per heavy atom. The number of aliphatic hydroxyl groups excluding tert-OH is 1. The summed E-state index contributed by atoms with van der Waals surface area (Å²) in [5.74, 6) is -3.51. The van der Waals surface area contributed by atoms with Crippen LogP contribution in [0.1, 0.15) is 75.5 Å². The Morgan fingerprint density at radius 1 is 0.786 bits per heavy atom. The van der Waals surface area contributed by atoms with Crippen molar-refractivity contribution in [3.05, 3.63) is 108 Å². The zero-order valence-corrected chi connectivity index (χ0v) is 32.3. The second-order valence-electron chi connectivity index (χ2n) is 15.2. The lowest BCUT2D eigenvalue weighted by molar-refractivity contribution is -0.141. The van der Waals surface area contributed by atoms with Crippen LogP contribution >= 0.6 is 0 Å². The van der Waals surface area contributed by atoms with Crippen LogP contribution in [0.5, 0.6) is 0 Å². The smallest absolute Gasteiger partial charge is 0.245 e. The van der Waals surface area contributed by atoms with E-state index in [1.54, 1.807) is 0 Å². The number of benzene rings is 3. The molecule has 2 heterocycles. The molecule has 13 heteroatoms. The van der Waals surface area contributed by atoms with Gasteiger partial charge in [-0.1, -0.05) is 105 Å². The molecule has 6 atom stereocenters. The summed E-state index contributed by atoms with van der Waals surface area (Å²) in [4.78, 5) is 84.2. The molecule has 6 amide bonds. The Bertz CT molecular complexity index is 1770. The van der Waals surface area contributed by atoms with Crippen LogP contribution in [0.2, 0.25) is 0 Å². The van der Waals surface area contributed by atoms with E-state index in [9.17, 15) is 33.9 Å². The normalized spacial score (nSPS) is 24.3. The van der Waals surface area contributed by atoms with Crippen molar-refractivity contribution < 1.29 is 33.9 Å². The highest BCUT2D eigenvalue weighted by Crippen LogP contribution is 2.28. The van der Waals surface area contributed by atoms with E-state index >= 15 is 0 Å². The predicted octanol–water partition coefficient (Wildman–Crippen LogP) is 2.33. The van der Waals surface area contributed by atoms with Gasteiger partial charge in [-0.25, -0.2) is 0 Å². The molecule has 0 aromatic heterocycles. The first kappa shape index (κ1) is 41.6. The number of nitrogens with one attached hydrogen (secondary N) is 5. The Balaban J connectivity index is 1.44. The van der Waals surface area contributed by atoms with Crippen molar-refractivity contribution in [3.8, 4) is 0 Å². The van der Waals surface area contributed by atoms with Gasteiger partial charge in [0.15, 0.2) is 0 Å². The number of aliphatic hydroxyl groups is 1. The lowest BCUT2D eigenvalue weighted by Gasteiger charge is -2.29. The Kier molecular flexibility index (Phi) is 14.7. The topological polar surface area (TPSA) is 186 Å². The Labute approximate surface area is 328 Å². The van der Waals surface area contributed by atoms with Gasteiger partial charge in [0.25, 0.3) is 0 Å². The second kappa shape index (κ2) is 19.9. The average molecular weight is 767 g/mol. The molecule has 0 bridgehead atoms. The number of amides is 6. The van der Waals surface area contributed by atoms with Gasteiger partial charge in [-0.15, -0.1) is 0 Å². The third-order valence-corrected chi connectivity index (χ3v) is 10.3. The SMILES string of the molecule is CC(C)C[C@@H]1NC(=O)[C@@H](Cc2ccccc2)NC(=O)[C@@H](NC(=O)CC(c2ccccc2)c2ccccc2)CCCNC(=O)[C@@H]2C[C@@H](O)CN2C(=O)[C@H](C)NC1=O. The zero-order valence-electron chi connectivity index (χ0n) is 32.3. The standard InChI is InChI=1S/C43H54N6O7/c1-27(2)22-35-40(53)45-28(3)43(56)49-26-32(50)24-37(49)42(55)44-21-13-20-34(39(52)48-36(41(54)47-35)23-29-14-7-4-8-15-29)46-38(51)25-33(30-16-9-5-10-17-30)31-18-11-6-12-19-31/h4-12,14-19,27-28,32-37,50H,13,20-26H2,1-3H3,(H,44,55)(H,45,53)(H,46,51)(H,47,54)(H,48,52)/t28-,32+,34-,35-,36+,37-/m0/s1. The van der Waals surface area contributed by atoms with E-state index in [-0.39, 0.29) is 69.4 Å². The summed E-state index contributed by atoms with van der Waals surface area (Å²) in [7, 11) is 0. The number of carbonyl (C=O) groups is 6. The molecule has 2 aliphatic heterocycles. The Morgan fingerprint density at radius 3 is 1.96 bits per heavy atom. The quantitative estimate of drug-likeness (QED) is 0.193. The number of hydrogen-bond acceptors (Lipinski definition) is 7. The summed E-state index contributed by atoms with van der Waals surface area (Å²) in [6.45, 7) is 5.32. The lowest BCUT2D eigenvalue weighted by Crippen LogP contribution is -2.59. The van der Waals surface area contributed by atoms with E-state index in [0.717, 1.165) is 16.7 Å². The molecule has 298 valence electrons. The van der Waals surface area contributed by atoms with Crippen LogP contribution in [-0.4, -0.2) is 94.9 Å². The minimum absolute atomic E-state index is 0.0260. The highest BCUT2D eigenvalue weighted by molar-refractivity contribution is 5.96. The van der Waals surface area contributed by atoms with Gasteiger partial charge in [-0.2, -0.15) is 0 Å². The van der Waals surface area contributed by atoms with E-state index in [0.29, 0.717) is 0 Å². The number of nitrogens with zero attached hydrogens (tertiary/aromatic N) is 1. The second-order valence-corrected chi connectivity index (χ2v) is 15.2. The summed E-state index contributed by atoms with van der Waals surface area (Å²) in [6.07, 6.45) is -0.140. The summed E-state index contributed by atoms with van der Waals surface area (Å²) in [6, 6.07) is 23.1. The maximum absolute atomic E-state index is 14.2. The van der Waals surface area contributed by atoms with E-state index in [4.69, 9.17) is 0 Å². The van der Waals surface area contributed by atoms with Crippen molar-refractivity contribution in [2.45, 2.75) is 102 Å². The summed E-state index contributed by atoms with van der Waals surface area (Å²) < 4.78 is 0. The van der Waals surface area contributed by atoms with Gasteiger partial charge in [0, 0.05) is 38.3 Å². The summed E-state index contributed by atoms with van der Waals surface area (Å²) in [5, 5.41) is 24.6. The van der Waals surface area contributed by atoms with E-state index in [2.05, 4.69) is 26.6 Å². The number of hydrogen-bond donors (Lipinski definition) is 6. The molecule has 3 aromatic rings. The molecule has 13 nitrogen and oxygen atoms in total. The molecule has 56 heavy (non-hydrogen) atoms. The van der Waals surface area contributed by atoms with Gasteiger partial charge in [0.2, 0.25) is 35.4 Å². The number of fused-ring (bicyclic) bond motifs is 1. The average Bonchev–Trinajstić information content (AvgIpc) is 3.59. The van der Waals surface area contributed by atoms with Crippen molar-refractivity contribution in [1.29, 1.82) is 0 Å². The van der Waals surface area contributed by atoms with Gasteiger partial charge in [0.05, 0.1) is 6.10 Å². The number of rotatable bonds is 9. The fraction of sp³-hybridized carbons (Fsp3) is 0.442. The molecule has 0 unspecified atom stereocenters. The first-order valence-corrected chi connectivity index (χ1v) is 19.5. The van der Waals surface area contributed by atoms with E-state index < -0.39 is 65.8 Å². The van der Waals surface area contributed by atoms with Crippen molar-refractivity contribution >= 4 is 35.4 Å². The lowest BCUT2D eigenvalue weighted by atomic mass is 9.88. The molecule has 5 rings (SSSR count). The first-order valence-electron chi connectivity index (χ1n) is 19.5. The van der Waals surface area contributed by atoms with Gasteiger partial charge < -0.3 is 36.6 Å². The monoisotopic (exact) mass is 766 g/mol. The van der Waals surface area contributed by atoms with Crippen molar-refractivity contribution in [2.24, 2.45) is 5.92 Å². The molecular formula is C43H54N6O7. The van der Waals surface area contributed by atoms with Gasteiger partial charge in [0.1, 0.15) is 30.2 Å². The molecule has 2 aliphatic rings. The zero-order chi connectivity index (χ0) is 40.2. The maximum Gasteiger partial charge on any atom is 0.245 e. The molecule has 0 saturated carbocycles. The van der Waals surface area contributed by atoms with E-state index in [1.165, 1.54) is 11.8 Å². The molecule has 0 spiro atoms. The van der Waals surface area contributed by atoms with Crippen LogP contribution in [0.25, 0.3) is 0 Å². The third kappa shape index (κ3) is 11.5. The van der Waals surface area contributed by atoms with Crippen molar-refractivity contribution in [2.75, 3.05) is 13.1 Å². The molecule has 6 N–H and O–H groups in total. The minimum Gasteiger partial charge on any atom is -0.391 e. The van der Waals surface area contributed by atoms with Crippen LogP contribution < -0.4 is 26.6 Å². The summed E-state index contributed by atoms with van der Waals surface area (Å²) >= 11 is 0. The predicted molar refractivity (Wildman–Crippen MR) is 211 cm³/mol. The largest absolute Gasteiger partial charge is 0.391 e. The van der Waals surface area contributed by atoms with Crippen LogP contribution in [0.4, 0.5) is 0 Å². The van der Waals surface area contributed by atoms with Gasteiger partial charge in [-0.3, -0.25) is 28.8 Å². The van der Waals surface area contributed by atoms with Crippen molar-refractivity contribution in [3.63, 3.8) is 0 Å². The van der Waals surface area contributed by atoms with Gasteiger partial charge >= 0.3 is 0 Å². The van der Waals surface area contributed by atoms with Crippen LogP contribution in [0.15, 0.2) is 91.0 Å². The van der Waals surface area contributed by atoms with Crippen LogP contribution in [0.3, 0.4) is 0 Å². The molecular weight excluding hydrogens is 713 g/mol. The van der Waals surface area contributed by atoms with Crippen molar-refractivity contribution in [1.82, 2.24) is 31.5 Å². The molecule has 3 aromatic carbocycles. The van der Waals surface area contributed by atoms with Crippen LogP contribution in [-0.2, 0) is 35.2 Å². The maximum atomic E-state index is 14.2. The third-order valence-electron chi connectivity index (χ3n) is 10.3. The Hall–Kier alpha value is -5.56. The molecule has 0 radical (unpaired) electrons. The van der Waals surface area contributed by atoms with Gasteiger partial charge in [-0.05, 0) is 48.8 Å². The fourth-order valence-electron chi connectivity index (χ4n) is 7.38. The molecule has 2 fully saturated rings. The minimum atomic E-state index is -1.13.